The number of ether oxygens (including phenoxy) is 2. The van der Waals surface area contributed by atoms with Gasteiger partial charge in [0.05, 0.1) is 32.4 Å². The maximum atomic E-state index is 12.7. The largest absolute Gasteiger partial charge is 0.466 e. The van der Waals surface area contributed by atoms with Crippen LogP contribution in [0.2, 0.25) is 0 Å². The number of aliphatic hydroxyl groups is 1. The molecule has 0 saturated carbocycles. The number of carbonyl (C=O) groups is 2. The summed E-state index contributed by atoms with van der Waals surface area (Å²) in [5.74, 6) is -0.862. The van der Waals surface area contributed by atoms with Crippen molar-refractivity contribution in [2.24, 2.45) is 0 Å². The first-order valence-corrected chi connectivity index (χ1v) is 9.44. The lowest BCUT2D eigenvalue weighted by Crippen LogP contribution is -2.32. The molecule has 1 amide bonds. The Balaban J connectivity index is 1.87. The molecule has 0 fully saturated rings. The van der Waals surface area contributed by atoms with Crippen molar-refractivity contribution in [2.75, 3.05) is 63.8 Å². The predicted octanol–water partition coefficient (Wildman–Crippen LogP) is 0.759. The van der Waals surface area contributed by atoms with Crippen molar-refractivity contribution in [1.29, 1.82) is 0 Å². The number of aryl methyl sites for hydroxylation is 1. The summed E-state index contributed by atoms with van der Waals surface area (Å²) in [6.07, 6.45) is 2.11. The van der Waals surface area contributed by atoms with E-state index in [0.717, 1.165) is 37.3 Å². The maximum Gasteiger partial charge on any atom is 0.337 e. The van der Waals surface area contributed by atoms with Crippen molar-refractivity contribution in [1.82, 2.24) is 4.90 Å². The minimum atomic E-state index is -0.545. The van der Waals surface area contributed by atoms with E-state index in [1.165, 1.54) is 17.6 Å². The Morgan fingerprint density at radius 1 is 1.25 bits per heavy atom. The summed E-state index contributed by atoms with van der Waals surface area (Å²) in [5.41, 5.74) is 3.59. The summed E-state index contributed by atoms with van der Waals surface area (Å²) in [4.78, 5) is 28.5. The molecule has 2 aliphatic rings. The summed E-state index contributed by atoms with van der Waals surface area (Å²) < 4.78 is 10.0. The van der Waals surface area contributed by atoms with Gasteiger partial charge in [0.25, 0.3) is 5.91 Å². The number of benzene rings is 1. The molecule has 0 aromatic heterocycles. The Morgan fingerprint density at radius 3 is 2.79 bits per heavy atom. The van der Waals surface area contributed by atoms with E-state index in [1.54, 1.807) is 7.11 Å². The highest BCUT2D eigenvalue weighted by molar-refractivity contribution is 6.08. The number of methoxy groups -OCH3 is 2. The third kappa shape index (κ3) is 4.13. The fraction of sp³-hybridized carbons (Fsp3) is 0.500. The number of nitrogens with zero attached hydrogens (tertiary/aromatic N) is 2. The van der Waals surface area contributed by atoms with Crippen LogP contribution in [0.25, 0.3) is 0 Å². The lowest BCUT2D eigenvalue weighted by Gasteiger charge is -2.31. The van der Waals surface area contributed by atoms with Crippen LogP contribution >= 0.6 is 0 Å². The number of fused-ring (bicyclic) bond motifs is 1. The summed E-state index contributed by atoms with van der Waals surface area (Å²) in [6, 6.07) is 5.98. The topological polar surface area (TPSA) is 91.3 Å². The fourth-order valence-electron chi connectivity index (χ4n) is 3.66. The number of rotatable bonds is 8. The zero-order chi connectivity index (χ0) is 20.1. The number of anilines is 2. The monoisotopic (exact) mass is 389 g/mol. The zero-order valence-electron chi connectivity index (χ0n) is 16.4. The van der Waals surface area contributed by atoms with Gasteiger partial charge in [0.1, 0.15) is 5.70 Å². The highest BCUT2D eigenvalue weighted by Gasteiger charge is 2.34. The predicted molar refractivity (Wildman–Crippen MR) is 105 cm³/mol. The van der Waals surface area contributed by atoms with Crippen LogP contribution in [-0.4, -0.2) is 75.5 Å². The number of hydrogen-bond acceptors (Lipinski definition) is 7. The molecule has 0 spiro atoms. The van der Waals surface area contributed by atoms with Crippen molar-refractivity contribution in [3.05, 3.63) is 35.0 Å². The van der Waals surface area contributed by atoms with Gasteiger partial charge in [-0.15, -0.1) is 0 Å². The Hall–Kier alpha value is -2.58. The van der Waals surface area contributed by atoms with Crippen LogP contribution in [0.4, 0.5) is 11.4 Å². The number of β-amino-alcohol motifs (C(OH)–C–C–N with tert-alkyl or cyclic N) is 1. The summed E-state index contributed by atoms with van der Waals surface area (Å²) in [6.45, 7) is 2.52. The summed E-state index contributed by atoms with van der Waals surface area (Å²) in [7, 11) is 2.98. The Morgan fingerprint density at radius 2 is 2.07 bits per heavy atom. The van der Waals surface area contributed by atoms with Crippen molar-refractivity contribution >= 4 is 23.3 Å². The molecule has 28 heavy (non-hydrogen) atoms. The number of esters is 1. The average molecular weight is 389 g/mol. The van der Waals surface area contributed by atoms with Crippen LogP contribution in [-0.2, 0) is 25.5 Å². The molecule has 3 rings (SSSR count). The highest BCUT2D eigenvalue weighted by Crippen LogP contribution is 2.31. The minimum absolute atomic E-state index is 0.124. The molecule has 0 atom stereocenters. The lowest BCUT2D eigenvalue weighted by atomic mass is 10.0. The van der Waals surface area contributed by atoms with E-state index in [2.05, 4.69) is 16.3 Å². The van der Waals surface area contributed by atoms with Crippen LogP contribution in [0, 0.1) is 0 Å². The van der Waals surface area contributed by atoms with Gasteiger partial charge in [0.15, 0.2) is 0 Å². The van der Waals surface area contributed by atoms with Crippen molar-refractivity contribution in [2.45, 2.75) is 12.8 Å². The van der Waals surface area contributed by atoms with Gasteiger partial charge in [-0.25, -0.2) is 4.79 Å². The molecule has 0 aliphatic carbocycles. The Labute approximate surface area is 164 Å². The first-order chi connectivity index (χ1) is 13.6. The van der Waals surface area contributed by atoms with Crippen LogP contribution in [0.1, 0.15) is 12.0 Å². The van der Waals surface area contributed by atoms with E-state index in [-0.39, 0.29) is 36.9 Å². The van der Waals surface area contributed by atoms with Crippen LogP contribution in [0.5, 0.6) is 0 Å². The Kier molecular flexibility index (Phi) is 6.53. The van der Waals surface area contributed by atoms with Gasteiger partial charge in [-0.05, 0) is 30.5 Å². The van der Waals surface area contributed by atoms with Gasteiger partial charge < -0.3 is 29.7 Å². The summed E-state index contributed by atoms with van der Waals surface area (Å²) in [5, 5.41) is 12.3. The second-order valence-electron chi connectivity index (χ2n) is 6.85. The molecule has 2 heterocycles. The maximum absolute atomic E-state index is 12.7. The van der Waals surface area contributed by atoms with E-state index in [1.807, 2.05) is 12.1 Å². The van der Waals surface area contributed by atoms with Gasteiger partial charge in [0.2, 0.25) is 0 Å². The zero-order valence-corrected chi connectivity index (χ0v) is 16.4. The molecule has 0 bridgehead atoms. The highest BCUT2D eigenvalue weighted by atomic mass is 16.5. The van der Waals surface area contributed by atoms with Gasteiger partial charge in [-0.3, -0.25) is 4.79 Å². The second kappa shape index (κ2) is 9.07. The smallest absolute Gasteiger partial charge is 0.337 e. The molecular formula is C20H27N3O5. The van der Waals surface area contributed by atoms with Crippen molar-refractivity contribution in [3.8, 4) is 0 Å². The SMILES string of the molecule is COCCN1CCCc2ccc(NC3=C(C(=O)OC)CN(CCO)C3=O)cc21. The molecule has 0 radical (unpaired) electrons. The normalized spacial score (nSPS) is 16.5. The molecule has 1 aromatic rings. The minimum Gasteiger partial charge on any atom is -0.466 e. The quantitative estimate of drug-likeness (QED) is 0.634. The van der Waals surface area contributed by atoms with E-state index in [9.17, 15) is 14.7 Å². The van der Waals surface area contributed by atoms with Gasteiger partial charge >= 0.3 is 5.97 Å². The second-order valence-corrected chi connectivity index (χ2v) is 6.85. The lowest BCUT2D eigenvalue weighted by molar-refractivity contribution is -0.136. The third-order valence-corrected chi connectivity index (χ3v) is 5.09. The molecule has 8 nitrogen and oxygen atoms in total. The van der Waals surface area contributed by atoms with E-state index in [0.29, 0.717) is 6.61 Å². The van der Waals surface area contributed by atoms with Crippen LogP contribution < -0.4 is 10.2 Å². The van der Waals surface area contributed by atoms with Crippen molar-refractivity contribution < 1.29 is 24.2 Å². The average Bonchev–Trinajstić information content (AvgIpc) is 3.01. The number of nitrogens with one attached hydrogen (secondary N) is 1. The third-order valence-electron chi connectivity index (χ3n) is 5.09. The standard InChI is InChI=1S/C20H27N3O5/c1-27-11-9-22-7-3-4-14-5-6-15(12-17(14)22)21-18-16(20(26)28-2)13-23(8-10-24)19(18)25/h5-6,12,21,24H,3-4,7-11,13H2,1-2H3. The molecule has 8 heteroatoms. The van der Waals surface area contributed by atoms with Crippen LogP contribution in [0.15, 0.2) is 29.5 Å². The molecule has 1 aromatic carbocycles. The number of hydrogen-bond donors (Lipinski definition) is 2. The van der Waals surface area contributed by atoms with Crippen LogP contribution in [0.3, 0.4) is 0 Å². The Bertz CT molecular complexity index is 777. The molecule has 2 N–H and O–H groups in total. The molecular weight excluding hydrogens is 362 g/mol. The molecule has 0 saturated heterocycles. The number of amides is 1. The first kappa shape index (κ1) is 20.2. The molecule has 2 aliphatic heterocycles. The van der Waals surface area contributed by atoms with Gasteiger partial charge in [0, 0.05) is 38.1 Å². The van der Waals surface area contributed by atoms with Gasteiger partial charge in [-0.1, -0.05) is 6.07 Å². The van der Waals surface area contributed by atoms with E-state index < -0.39 is 5.97 Å². The van der Waals surface area contributed by atoms with Gasteiger partial charge in [-0.2, -0.15) is 0 Å². The van der Waals surface area contributed by atoms with E-state index in [4.69, 9.17) is 9.47 Å². The molecule has 0 unspecified atom stereocenters. The summed E-state index contributed by atoms with van der Waals surface area (Å²) >= 11 is 0. The van der Waals surface area contributed by atoms with E-state index >= 15 is 0 Å². The fourth-order valence-corrected chi connectivity index (χ4v) is 3.66. The number of aliphatic hydroxyl groups excluding tert-OH is 1. The number of carbonyl (C=O) groups excluding carboxylic acids is 2. The molecule has 152 valence electrons. The van der Waals surface area contributed by atoms with Crippen molar-refractivity contribution in [3.63, 3.8) is 0 Å². The first-order valence-electron chi connectivity index (χ1n) is 9.44.